The van der Waals surface area contributed by atoms with E-state index in [2.05, 4.69) is 15.9 Å². The smallest absolute Gasteiger partial charge is 0.298 e. The van der Waals surface area contributed by atoms with Crippen LogP contribution in [0.3, 0.4) is 0 Å². The van der Waals surface area contributed by atoms with Crippen LogP contribution in [0.25, 0.3) is 0 Å². The average Bonchev–Trinajstić information content (AvgIpc) is 2.27. The molecule has 0 amide bonds. The van der Waals surface area contributed by atoms with Gasteiger partial charge in [0.25, 0.3) is 0 Å². The van der Waals surface area contributed by atoms with Crippen LogP contribution in [0.5, 0.6) is 0 Å². The topological polar surface area (TPSA) is 20.3 Å². The van der Waals surface area contributed by atoms with Crippen molar-refractivity contribution in [2.75, 3.05) is 20.1 Å². The van der Waals surface area contributed by atoms with Crippen LogP contribution in [0.15, 0.2) is 28.7 Å². The Bertz CT molecular complexity index is 417. The molecule has 106 valence electrons. The highest BCUT2D eigenvalue weighted by atomic mass is 79.9. The maximum atomic E-state index is 12.1. The molecule has 1 aromatic carbocycles. The summed E-state index contributed by atoms with van der Waals surface area (Å²) in [7, 11) is 1.40. The number of carbonyl (C=O) groups is 1. The summed E-state index contributed by atoms with van der Waals surface area (Å²) in [5.41, 5.74) is 0.585. The molecule has 0 bridgehead atoms. The van der Waals surface area contributed by atoms with E-state index in [0.29, 0.717) is 12.0 Å². The van der Waals surface area contributed by atoms with Crippen molar-refractivity contribution in [3.63, 3.8) is 0 Å². The van der Waals surface area contributed by atoms with Gasteiger partial charge in [0.2, 0.25) is 0 Å². The lowest BCUT2D eigenvalue weighted by molar-refractivity contribution is -0.143. The number of hydrogen-bond donors (Lipinski definition) is 0. The first kappa shape index (κ1) is 16.2. The molecule has 0 aromatic heterocycles. The van der Waals surface area contributed by atoms with Crippen LogP contribution in [0, 0.1) is 0 Å². The van der Waals surface area contributed by atoms with Gasteiger partial charge in [0.1, 0.15) is 0 Å². The van der Waals surface area contributed by atoms with Crippen molar-refractivity contribution in [1.29, 1.82) is 0 Å². The average molecular weight is 338 g/mol. The van der Waals surface area contributed by atoms with E-state index in [4.69, 9.17) is 0 Å². The molecule has 0 spiro atoms. The van der Waals surface area contributed by atoms with Crippen LogP contribution < -0.4 is 0 Å². The van der Waals surface area contributed by atoms with Crippen molar-refractivity contribution in [2.24, 2.45) is 0 Å². The van der Waals surface area contributed by atoms with Crippen molar-refractivity contribution >= 4 is 21.7 Å². The maximum absolute atomic E-state index is 12.1. The fourth-order valence-corrected chi connectivity index (χ4v) is 1.94. The van der Waals surface area contributed by atoms with Crippen molar-refractivity contribution < 1.29 is 18.0 Å². The summed E-state index contributed by atoms with van der Waals surface area (Å²) in [6.07, 6.45) is -3.52. The molecule has 0 fully saturated rings. The second-order valence-corrected chi connectivity index (χ2v) is 5.30. The van der Waals surface area contributed by atoms with E-state index in [1.165, 1.54) is 11.9 Å². The molecule has 0 aliphatic heterocycles. The Morgan fingerprint density at radius 3 is 2.37 bits per heavy atom. The minimum atomic E-state index is -4.19. The number of Topliss-reactive ketones (excluding diaryl/α,β-unsaturated/α-hetero) is 1. The summed E-state index contributed by atoms with van der Waals surface area (Å²) in [5, 5.41) is 0. The molecule has 0 radical (unpaired) electrons. The Hall–Kier alpha value is -0.880. The van der Waals surface area contributed by atoms with Gasteiger partial charge in [0, 0.05) is 16.5 Å². The first-order valence-corrected chi connectivity index (χ1v) is 6.61. The van der Waals surface area contributed by atoms with E-state index in [-0.39, 0.29) is 18.7 Å². The molecule has 0 aliphatic carbocycles. The monoisotopic (exact) mass is 337 g/mol. The molecule has 0 saturated carbocycles. The molecule has 6 heteroatoms. The summed E-state index contributed by atoms with van der Waals surface area (Å²) in [6.45, 7) is -0.693. The highest BCUT2D eigenvalue weighted by Crippen LogP contribution is 2.16. The summed E-state index contributed by atoms with van der Waals surface area (Å²) in [4.78, 5) is 12.9. The van der Waals surface area contributed by atoms with Gasteiger partial charge in [0.15, 0.2) is 5.78 Å². The van der Waals surface area contributed by atoms with Gasteiger partial charge in [-0.05, 0) is 32.1 Å². The van der Waals surface area contributed by atoms with Crippen molar-refractivity contribution in [3.05, 3.63) is 34.3 Å². The van der Waals surface area contributed by atoms with Crippen molar-refractivity contribution in [3.8, 4) is 0 Å². The molecule has 0 saturated heterocycles. The molecule has 0 atom stereocenters. The molecule has 0 heterocycles. The summed E-state index contributed by atoms with van der Waals surface area (Å²) < 4.78 is 37.1. The van der Waals surface area contributed by atoms with E-state index in [1.807, 2.05) is 0 Å². The molecule has 1 rings (SSSR count). The third-order valence-electron chi connectivity index (χ3n) is 2.56. The first-order chi connectivity index (χ1) is 8.78. The lowest BCUT2D eigenvalue weighted by Crippen LogP contribution is -2.31. The second kappa shape index (κ2) is 7.05. The van der Waals surface area contributed by atoms with Gasteiger partial charge in [-0.1, -0.05) is 28.1 Å². The third-order valence-corrected chi connectivity index (χ3v) is 3.09. The van der Waals surface area contributed by atoms with Crippen LogP contribution in [-0.2, 0) is 0 Å². The molecular formula is C13H15BrF3NO. The van der Waals surface area contributed by atoms with Crippen LogP contribution >= 0.6 is 15.9 Å². The van der Waals surface area contributed by atoms with E-state index < -0.39 is 12.7 Å². The molecule has 1 aromatic rings. The lowest BCUT2D eigenvalue weighted by Gasteiger charge is -2.17. The molecule has 0 N–H and O–H groups in total. The van der Waals surface area contributed by atoms with Crippen LogP contribution in [0.1, 0.15) is 23.2 Å². The number of halogens is 4. The van der Waals surface area contributed by atoms with E-state index in [1.54, 1.807) is 24.3 Å². The van der Waals surface area contributed by atoms with E-state index in [0.717, 1.165) is 4.47 Å². The van der Waals surface area contributed by atoms with Crippen LogP contribution in [-0.4, -0.2) is 37.0 Å². The number of nitrogens with zero attached hydrogens (tertiary/aromatic N) is 1. The van der Waals surface area contributed by atoms with Crippen LogP contribution in [0.2, 0.25) is 0 Å². The Kier molecular flexibility index (Phi) is 6.00. The van der Waals surface area contributed by atoms with Crippen molar-refractivity contribution in [2.45, 2.75) is 19.0 Å². The molecular weight excluding hydrogens is 323 g/mol. The van der Waals surface area contributed by atoms with Crippen LogP contribution in [0.4, 0.5) is 13.2 Å². The van der Waals surface area contributed by atoms with Gasteiger partial charge >= 0.3 is 6.18 Å². The SMILES string of the molecule is CN(CCCC(=O)c1ccc(Br)cc1)CC(F)(F)F. The Balaban J connectivity index is 2.33. The van der Waals surface area contributed by atoms with Gasteiger partial charge in [-0.15, -0.1) is 0 Å². The predicted molar refractivity (Wildman–Crippen MR) is 71.3 cm³/mol. The standard InChI is InChI=1S/C13H15BrF3NO/c1-18(9-13(15,16)17)8-2-3-12(19)10-4-6-11(14)7-5-10/h4-7H,2-3,8-9H2,1H3. The predicted octanol–water partition coefficient (Wildman–Crippen LogP) is 3.91. The maximum Gasteiger partial charge on any atom is 0.401 e. The third kappa shape index (κ3) is 6.73. The second-order valence-electron chi connectivity index (χ2n) is 4.39. The largest absolute Gasteiger partial charge is 0.401 e. The Labute approximate surface area is 118 Å². The van der Waals surface area contributed by atoms with E-state index >= 15 is 0 Å². The highest BCUT2D eigenvalue weighted by molar-refractivity contribution is 9.10. The summed E-state index contributed by atoms with van der Waals surface area (Å²) in [6, 6.07) is 6.93. The lowest BCUT2D eigenvalue weighted by atomic mass is 10.1. The number of rotatable bonds is 6. The van der Waals surface area contributed by atoms with E-state index in [9.17, 15) is 18.0 Å². The van der Waals surface area contributed by atoms with Gasteiger partial charge in [0.05, 0.1) is 6.54 Å². The minimum Gasteiger partial charge on any atom is -0.298 e. The van der Waals surface area contributed by atoms with Gasteiger partial charge < -0.3 is 0 Å². The molecule has 2 nitrogen and oxygen atoms in total. The number of alkyl halides is 3. The number of ketones is 1. The number of hydrogen-bond acceptors (Lipinski definition) is 2. The van der Waals surface area contributed by atoms with Crippen molar-refractivity contribution in [1.82, 2.24) is 4.90 Å². The highest BCUT2D eigenvalue weighted by Gasteiger charge is 2.28. The Morgan fingerprint density at radius 2 is 1.84 bits per heavy atom. The fourth-order valence-electron chi connectivity index (χ4n) is 1.67. The van der Waals surface area contributed by atoms with Gasteiger partial charge in [-0.2, -0.15) is 13.2 Å². The zero-order valence-corrected chi connectivity index (χ0v) is 12.1. The summed E-state index contributed by atoms with van der Waals surface area (Å²) >= 11 is 3.27. The normalized spacial score (nSPS) is 11.9. The first-order valence-electron chi connectivity index (χ1n) is 5.82. The zero-order valence-electron chi connectivity index (χ0n) is 10.5. The summed E-state index contributed by atoms with van der Waals surface area (Å²) in [5.74, 6) is -0.0482. The molecule has 0 aliphatic rings. The minimum absolute atomic E-state index is 0.0482. The number of benzene rings is 1. The van der Waals surface area contributed by atoms with Gasteiger partial charge in [-0.3, -0.25) is 9.69 Å². The quantitative estimate of drug-likeness (QED) is 0.733. The fraction of sp³-hybridized carbons (Fsp3) is 0.462. The zero-order chi connectivity index (χ0) is 14.5. The molecule has 0 unspecified atom stereocenters. The van der Waals surface area contributed by atoms with Gasteiger partial charge in [-0.25, -0.2) is 0 Å². The number of carbonyl (C=O) groups excluding carboxylic acids is 1. The Morgan fingerprint density at radius 1 is 1.26 bits per heavy atom. The molecule has 19 heavy (non-hydrogen) atoms.